The van der Waals surface area contributed by atoms with Gasteiger partial charge < -0.3 is 19.4 Å². The highest BCUT2D eigenvalue weighted by molar-refractivity contribution is 8.18. The summed E-state index contributed by atoms with van der Waals surface area (Å²) >= 11 is 0.885. The number of carbonyl (C=O) groups excluding carboxylic acids is 2. The van der Waals surface area contributed by atoms with Gasteiger partial charge in [0.2, 0.25) is 11.8 Å². The number of nitrogens with zero attached hydrogens (tertiary/aromatic N) is 6. The maximum absolute atomic E-state index is 12.0. The molecule has 0 aromatic carbocycles. The summed E-state index contributed by atoms with van der Waals surface area (Å²) in [5.41, 5.74) is 0.562. The number of aromatic nitrogens is 2. The van der Waals surface area contributed by atoms with E-state index in [9.17, 15) is 9.59 Å². The van der Waals surface area contributed by atoms with E-state index in [1.165, 1.54) is 25.9 Å². The molecule has 0 spiro atoms. The average Bonchev–Trinajstić information content (AvgIpc) is 3.15. The lowest BCUT2D eigenvalue weighted by Crippen LogP contribution is -2.53. The normalized spacial score (nSPS) is 22.1. The van der Waals surface area contributed by atoms with Gasteiger partial charge in [0.25, 0.3) is 11.1 Å². The van der Waals surface area contributed by atoms with Crippen LogP contribution in [0.15, 0.2) is 11.0 Å². The van der Waals surface area contributed by atoms with Gasteiger partial charge in [0.1, 0.15) is 6.61 Å². The van der Waals surface area contributed by atoms with Crippen LogP contribution < -0.4 is 15.0 Å². The Morgan fingerprint density at radius 2 is 1.88 bits per heavy atom. The minimum Gasteiger partial charge on any atom is -0.476 e. The minimum atomic E-state index is -0.395. The topological polar surface area (TPSA) is 94.1 Å². The van der Waals surface area contributed by atoms with Crippen LogP contribution in [-0.2, 0) is 4.79 Å². The van der Waals surface area contributed by atoms with E-state index in [-0.39, 0.29) is 5.24 Å². The van der Waals surface area contributed by atoms with Crippen molar-refractivity contribution in [2.45, 2.75) is 25.8 Å². The zero-order valence-corrected chi connectivity index (χ0v) is 21.1. The minimum absolute atomic E-state index is 0.331. The molecule has 0 aliphatic carbocycles. The molecule has 0 saturated carbocycles. The molecule has 1 aromatic heterocycles. The van der Waals surface area contributed by atoms with E-state index in [2.05, 4.69) is 31.9 Å². The van der Waals surface area contributed by atoms with Crippen LogP contribution in [-0.4, -0.2) is 115 Å². The third-order valence-corrected chi connectivity index (χ3v) is 7.35. The number of likely N-dealkylation sites (tertiary alicyclic amines) is 1. The van der Waals surface area contributed by atoms with Gasteiger partial charge in [0.05, 0.1) is 10.6 Å². The van der Waals surface area contributed by atoms with Crippen LogP contribution in [0.2, 0.25) is 0 Å². The highest BCUT2D eigenvalue weighted by atomic mass is 32.2. The van der Waals surface area contributed by atoms with E-state index < -0.39 is 5.91 Å². The van der Waals surface area contributed by atoms with E-state index in [1.54, 1.807) is 12.1 Å². The molecular weight excluding hydrogens is 454 g/mol. The highest BCUT2D eigenvalue weighted by Crippen LogP contribution is 2.27. The number of carbonyl (C=O) groups is 2. The van der Waals surface area contributed by atoms with Crippen LogP contribution >= 0.6 is 11.8 Å². The first-order chi connectivity index (χ1) is 16.4. The van der Waals surface area contributed by atoms with Gasteiger partial charge in [-0.1, -0.05) is 6.92 Å². The average molecular weight is 490 g/mol. The largest absolute Gasteiger partial charge is 0.476 e. The molecule has 3 fully saturated rings. The lowest BCUT2D eigenvalue weighted by molar-refractivity contribution is -0.115. The summed E-state index contributed by atoms with van der Waals surface area (Å²) < 4.78 is 5.90. The van der Waals surface area contributed by atoms with Crippen molar-refractivity contribution in [3.8, 4) is 5.88 Å². The molecule has 186 valence electrons. The molecule has 0 atom stereocenters. The third-order valence-electron chi connectivity index (χ3n) is 6.54. The first kappa shape index (κ1) is 24.9. The summed E-state index contributed by atoms with van der Waals surface area (Å²) in [4.78, 5) is 42.6. The van der Waals surface area contributed by atoms with Crippen LogP contribution in [0.25, 0.3) is 6.08 Å². The Bertz CT molecular complexity index is 910. The number of hydrogen-bond donors (Lipinski definition) is 1. The molecule has 2 amide bonds. The number of thioether (sulfide) groups is 1. The van der Waals surface area contributed by atoms with E-state index in [0.717, 1.165) is 51.0 Å². The second-order valence-electron chi connectivity index (χ2n) is 9.12. The fraction of sp³-hybridized carbons (Fsp3) is 0.652. The molecule has 0 radical (unpaired) electrons. The second-order valence-corrected chi connectivity index (χ2v) is 10.1. The number of piperidine rings is 1. The lowest BCUT2D eigenvalue weighted by atomic mass is 10.0. The Hall–Kier alpha value is -2.21. The number of hydrogen-bond acceptors (Lipinski definition) is 10. The van der Waals surface area contributed by atoms with Gasteiger partial charge in [0, 0.05) is 44.8 Å². The fourth-order valence-electron chi connectivity index (χ4n) is 4.50. The summed E-state index contributed by atoms with van der Waals surface area (Å²) in [6, 6.07) is 2.38. The van der Waals surface area contributed by atoms with Gasteiger partial charge in [-0.3, -0.25) is 19.8 Å². The molecule has 4 heterocycles. The number of rotatable bonds is 8. The molecule has 11 heteroatoms. The van der Waals surface area contributed by atoms with Crippen molar-refractivity contribution in [3.05, 3.63) is 16.7 Å². The van der Waals surface area contributed by atoms with Crippen molar-refractivity contribution < 1.29 is 14.3 Å². The lowest BCUT2D eigenvalue weighted by Gasteiger charge is -2.42. The first-order valence-corrected chi connectivity index (χ1v) is 12.9. The van der Waals surface area contributed by atoms with Crippen LogP contribution in [0.3, 0.4) is 0 Å². The van der Waals surface area contributed by atoms with Crippen molar-refractivity contribution in [3.63, 3.8) is 0 Å². The summed E-state index contributed by atoms with van der Waals surface area (Å²) in [6.07, 6.45) is 4.10. The molecule has 3 aliphatic rings. The summed E-state index contributed by atoms with van der Waals surface area (Å²) in [7, 11) is 3.98. The Morgan fingerprint density at radius 3 is 2.50 bits per heavy atom. The van der Waals surface area contributed by atoms with Crippen LogP contribution in [0.4, 0.5) is 10.7 Å². The number of piperazine rings is 1. The predicted octanol–water partition coefficient (Wildman–Crippen LogP) is 1.35. The SMILES string of the molecule is CCN1CCC(N2CCN(c3nc(C=C4SC(=O)NC4=O)cc(OCCN(C)C)n3)CC2)CC1. The maximum atomic E-state index is 12.0. The van der Waals surface area contributed by atoms with Crippen molar-refractivity contribution in [2.75, 3.05) is 78.0 Å². The molecule has 3 saturated heterocycles. The summed E-state index contributed by atoms with van der Waals surface area (Å²) in [5.74, 6) is 0.681. The van der Waals surface area contributed by atoms with E-state index in [1.807, 2.05) is 19.0 Å². The van der Waals surface area contributed by atoms with Gasteiger partial charge >= 0.3 is 0 Å². The van der Waals surface area contributed by atoms with Crippen molar-refractivity contribution in [1.82, 2.24) is 30.0 Å². The smallest absolute Gasteiger partial charge is 0.290 e. The number of likely N-dealkylation sites (N-methyl/N-ethyl adjacent to an activating group) is 1. The summed E-state index contributed by atoms with van der Waals surface area (Å²) in [5, 5.41) is 1.92. The van der Waals surface area contributed by atoms with Crippen LogP contribution in [0.1, 0.15) is 25.5 Å². The number of amides is 2. The number of nitrogens with one attached hydrogen (secondary N) is 1. The molecule has 3 aliphatic heterocycles. The highest BCUT2D eigenvalue weighted by Gasteiger charge is 2.29. The maximum Gasteiger partial charge on any atom is 0.290 e. The first-order valence-electron chi connectivity index (χ1n) is 12.0. The zero-order chi connectivity index (χ0) is 24.1. The number of anilines is 1. The van der Waals surface area contributed by atoms with Crippen LogP contribution in [0.5, 0.6) is 5.88 Å². The Balaban J connectivity index is 1.45. The van der Waals surface area contributed by atoms with Gasteiger partial charge in [0.15, 0.2) is 0 Å². The van der Waals surface area contributed by atoms with E-state index in [0.29, 0.717) is 35.1 Å². The van der Waals surface area contributed by atoms with Crippen molar-refractivity contribution in [1.29, 1.82) is 0 Å². The van der Waals surface area contributed by atoms with Gasteiger partial charge in [-0.2, -0.15) is 4.98 Å². The standard InChI is InChI=1S/C23H35N7O3S/c1-4-28-7-5-18(6-8-28)29-9-11-30(12-10-29)22-24-17(15-19-21(31)26-23(32)34-19)16-20(25-22)33-14-13-27(2)3/h15-16,18H,4-14H2,1-3H3,(H,26,31,32). The molecule has 1 N–H and O–H groups in total. The van der Waals surface area contributed by atoms with Gasteiger partial charge in [-0.05, 0) is 64.4 Å². The Morgan fingerprint density at radius 1 is 1.15 bits per heavy atom. The van der Waals surface area contributed by atoms with Crippen molar-refractivity contribution >= 4 is 34.9 Å². The monoisotopic (exact) mass is 489 g/mol. The van der Waals surface area contributed by atoms with E-state index >= 15 is 0 Å². The van der Waals surface area contributed by atoms with Crippen molar-refractivity contribution in [2.24, 2.45) is 0 Å². The quantitative estimate of drug-likeness (QED) is 0.539. The molecule has 4 rings (SSSR count). The van der Waals surface area contributed by atoms with Gasteiger partial charge in [-0.25, -0.2) is 4.98 Å². The van der Waals surface area contributed by atoms with Gasteiger partial charge in [-0.15, -0.1) is 0 Å². The zero-order valence-electron chi connectivity index (χ0n) is 20.3. The fourth-order valence-corrected chi connectivity index (χ4v) is 5.16. The second kappa shape index (κ2) is 11.5. The van der Waals surface area contributed by atoms with E-state index in [4.69, 9.17) is 9.72 Å². The molecular formula is C23H35N7O3S. The molecule has 10 nitrogen and oxygen atoms in total. The molecule has 1 aromatic rings. The number of imide groups is 1. The predicted molar refractivity (Wildman–Crippen MR) is 134 cm³/mol. The molecule has 0 unspecified atom stereocenters. The van der Waals surface area contributed by atoms with Crippen LogP contribution in [0, 0.1) is 0 Å². The number of ether oxygens (including phenoxy) is 1. The summed E-state index contributed by atoms with van der Waals surface area (Å²) in [6.45, 7) is 10.7. The Labute approximate surface area is 205 Å². The molecule has 0 bridgehead atoms. The Kier molecular flexibility index (Phi) is 8.41. The molecule has 34 heavy (non-hydrogen) atoms. The third kappa shape index (κ3) is 6.47.